The SMILES string of the molecule is NC(=NCc1cccc(F)c1)N1CCOCC1. The summed E-state index contributed by atoms with van der Waals surface area (Å²) in [4.78, 5) is 6.23. The van der Waals surface area contributed by atoms with Crippen LogP contribution < -0.4 is 5.73 Å². The second-order valence-corrected chi connectivity index (χ2v) is 3.90. The first-order chi connectivity index (χ1) is 8.25. The zero-order chi connectivity index (χ0) is 12.1. The van der Waals surface area contributed by atoms with E-state index in [4.69, 9.17) is 10.5 Å². The van der Waals surface area contributed by atoms with Crippen molar-refractivity contribution in [2.24, 2.45) is 10.7 Å². The van der Waals surface area contributed by atoms with Gasteiger partial charge in [-0.25, -0.2) is 9.38 Å². The van der Waals surface area contributed by atoms with E-state index in [1.807, 2.05) is 11.0 Å². The monoisotopic (exact) mass is 237 g/mol. The Morgan fingerprint density at radius 2 is 2.18 bits per heavy atom. The van der Waals surface area contributed by atoms with Crippen LogP contribution in [0.1, 0.15) is 5.56 Å². The third kappa shape index (κ3) is 3.42. The fourth-order valence-corrected chi connectivity index (χ4v) is 1.70. The van der Waals surface area contributed by atoms with Gasteiger partial charge in [0.25, 0.3) is 0 Å². The molecule has 4 nitrogen and oxygen atoms in total. The topological polar surface area (TPSA) is 50.8 Å². The zero-order valence-corrected chi connectivity index (χ0v) is 9.60. The quantitative estimate of drug-likeness (QED) is 0.616. The Morgan fingerprint density at radius 1 is 1.41 bits per heavy atom. The molecule has 5 heteroatoms. The van der Waals surface area contributed by atoms with Gasteiger partial charge in [-0.3, -0.25) is 0 Å². The summed E-state index contributed by atoms with van der Waals surface area (Å²) in [6.45, 7) is 3.28. The highest BCUT2D eigenvalue weighted by molar-refractivity contribution is 5.78. The molecule has 17 heavy (non-hydrogen) atoms. The molecule has 0 aromatic heterocycles. The van der Waals surface area contributed by atoms with Crippen LogP contribution in [0.4, 0.5) is 4.39 Å². The van der Waals surface area contributed by atoms with Crippen LogP contribution >= 0.6 is 0 Å². The Labute approximate surface area is 99.9 Å². The first kappa shape index (κ1) is 11.9. The molecule has 0 saturated carbocycles. The lowest BCUT2D eigenvalue weighted by molar-refractivity contribution is 0.0674. The van der Waals surface area contributed by atoms with E-state index in [0.29, 0.717) is 25.7 Å². The maximum atomic E-state index is 12.9. The minimum Gasteiger partial charge on any atom is -0.378 e. The number of rotatable bonds is 2. The molecule has 1 aliphatic heterocycles. The van der Waals surface area contributed by atoms with E-state index in [1.165, 1.54) is 12.1 Å². The van der Waals surface area contributed by atoms with Crippen molar-refractivity contribution >= 4 is 5.96 Å². The summed E-state index contributed by atoms with van der Waals surface area (Å²) in [7, 11) is 0. The minimum absolute atomic E-state index is 0.248. The average molecular weight is 237 g/mol. The van der Waals surface area contributed by atoms with Crippen LogP contribution in [-0.4, -0.2) is 37.2 Å². The van der Waals surface area contributed by atoms with Crippen molar-refractivity contribution in [3.8, 4) is 0 Å². The fraction of sp³-hybridized carbons (Fsp3) is 0.417. The van der Waals surface area contributed by atoms with Gasteiger partial charge in [0.15, 0.2) is 5.96 Å². The van der Waals surface area contributed by atoms with Crippen molar-refractivity contribution in [1.29, 1.82) is 0 Å². The van der Waals surface area contributed by atoms with E-state index in [9.17, 15) is 4.39 Å². The molecule has 1 aliphatic rings. The van der Waals surface area contributed by atoms with E-state index < -0.39 is 0 Å². The number of benzene rings is 1. The highest BCUT2D eigenvalue weighted by Gasteiger charge is 2.11. The lowest BCUT2D eigenvalue weighted by atomic mass is 10.2. The number of nitrogens with zero attached hydrogens (tertiary/aromatic N) is 2. The number of aliphatic imine (C=N–C) groups is 1. The molecule has 1 aromatic rings. The number of nitrogens with two attached hydrogens (primary N) is 1. The van der Waals surface area contributed by atoms with Crippen LogP contribution in [0.25, 0.3) is 0 Å². The van der Waals surface area contributed by atoms with Gasteiger partial charge in [-0.1, -0.05) is 12.1 Å². The van der Waals surface area contributed by atoms with Crippen molar-refractivity contribution in [3.63, 3.8) is 0 Å². The van der Waals surface area contributed by atoms with Crippen LogP contribution in [0.5, 0.6) is 0 Å². The smallest absolute Gasteiger partial charge is 0.191 e. The predicted molar refractivity (Wildman–Crippen MR) is 64.1 cm³/mol. The Hall–Kier alpha value is -1.62. The minimum atomic E-state index is -0.248. The van der Waals surface area contributed by atoms with E-state index in [0.717, 1.165) is 18.7 Å². The highest BCUT2D eigenvalue weighted by Crippen LogP contribution is 2.05. The molecule has 1 heterocycles. The number of hydrogen-bond donors (Lipinski definition) is 1. The number of halogens is 1. The summed E-state index contributed by atoms with van der Waals surface area (Å²) in [6, 6.07) is 6.39. The van der Waals surface area contributed by atoms with Crippen molar-refractivity contribution in [2.45, 2.75) is 6.54 Å². The molecule has 2 rings (SSSR count). The van der Waals surface area contributed by atoms with Gasteiger partial charge < -0.3 is 15.4 Å². The average Bonchev–Trinajstić information content (AvgIpc) is 2.37. The van der Waals surface area contributed by atoms with Gasteiger partial charge in [-0.05, 0) is 17.7 Å². The molecule has 1 aromatic carbocycles. The predicted octanol–water partition coefficient (Wildman–Crippen LogP) is 0.973. The maximum absolute atomic E-state index is 12.9. The fourth-order valence-electron chi connectivity index (χ4n) is 1.70. The first-order valence-corrected chi connectivity index (χ1v) is 5.63. The molecule has 0 radical (unpaired) electrons. The van der Waals surface area contributed by atoms with Gasteiger partial charge in [-0.15, -0.1) is 0 Å². The van der Waals surface area contributed by atoms with Gasteiger partial charge in [0.1, 0.15) is 5.82 Å². The summed E-state index contributed by atoms with van der Waals surface area (Å²) >= 11 is 0. The second-order valence-electron chi connectivity index (χ2n) is 3.90. The van der Waals surface area contributed by atoms with Crippen molar-refractivity contribution in [3.05, 3.63) is 35.6 Å². The van der Waals surface area contributed by atoms with Crippen LogP contribution in [0.2, 0.25) is 0 Å². The van der Waals surface area contributed by atoms with Crippen LogP contribution in [0.3, 0.4) is 0 Å². The second kappa shape index (κ2) is 5.63. The molecule has 0 amide bonds. The van der Waals surface area contributed by atoms with Crippen LogP contribution in [0.15, 0.2) is 29.3 Å². The Balaban J connectivity index is 1.95. The molecule has 0 unspecified atom stereocenters. The van der Waals surface area contributed by atoms with Gasteiger partial charge in [0, 0.05) is 13.1 Å². The van der Waals surface area contributed by atoms with Crippen molar-refractivity contribution in [2.75, 3.05) is 26.3 Å². The largest absolute Gasteiger partial charge is 0.378 e. The number of hydrogen-bond acceptors (Lipinski definition) is 2. The summed E-state index contributed by atoms with van der Waals surface area (Å²) < 4.78 is 18.2. The highest BCUT2D eigenvalue weighted by atomic mass is 19.1. The molecular weight excluding hydrogens is 221 g/mol. The number of morpholine rings is 1. The first-order valence-electron chi connectivity index (χ1n) is 5.63. The Morgan fingerprint density at radius 3 is 2.88 bits per heavy atom. The van der Waals surface area contributed by atoms with E-state index in [-0.39, 0.29) is 5.82 Å². The van der Waals surface area contributed by atoms with Crippen LogP contribution in [-0.2, 0) is 11.3 Å². The molecule has 92 valence electrons. The van der Waals surface area contributed by atoms with Gasteiger partial charge in [-0.2, -0.15) is 0 Å². The lowest BCUT2D eigenvalue weighted by Crippen LogP contribution is -2.44. The van der Waals surface area contributed by atoms with Crippen molar-refractivity contribution in [1.82, 2.24) is 4.90 Å². The number of guanidine groups is 1. The van der Waals surface area contributed by atoms with Gasteiger partial charge >= 0.3 is 0 Å². The van der Waals surface area contributed by atoms with E-state index in [2.05, 4.69) is 4.99 Å². The third-order valence-corrected chi connectivity index (χ3v) is 2.65. The number of ether oxygens (including phenoxy) is 1. The third-order valence-electron chi connectivity index (χ3n) is 2.65. The summed E-state index contributed by atoms with van der Waals surface area (Å²) in [6.07, 6.45) is 0. The van der Waals surface area contributed by atoms with Crippen molar-refractivity contribution < 1.29 is 9.13 Å². The van der Waals surface area contributed by atoms with Gasteiger partial charge in [0.2, 0.25) is 0 Å². The molecule has 0 bridgehead atoms. The molecule has 0 spiro atoms. The Kier molecular flexibility index (Phi) is 3.93. The Bertz CT molecular complexity index is 402. The van der Waals surface area contributed by atoms with E-state index in [1.54, 1.807) is 6.07 Å². The molecule has 2 N–H and O–H groups in total. The maximum Gasteiger partial charge on any atom is 0.191 e. The molecule has 1 fully saturated rings. The van der Waals surface area contributed by atoms with Gasteiger partial charge in [0.05, 0.1) is 19.8 Å². The summed E-state index contributed by atoms with van der Waals surface area (Å²) in [5.74, 6) is 0.250. The van der Waals surface area contributed by atoms with Crippen LogP contribution in [0, 0.1) is 5.82 Å². The molecule has 1 saturated heterocycles. The summed E-state index contributed by atoms with van der Waals surface area (Å²) in [5, 5.41) is 0. The molecular formula is C12H16FN3O. The lowest BCUT2D eigenvalue weighted by Gasteiger charge is -2.27. The zero-order valence-electron chi connectivity index (χ0n) is 9.60. The standard InChI is InChI=1S/C12H16FN3O/c13-11-3-1-2-10(8-11)9-15-12(14)16-4-6-17-7-5-16/h1-3,8H,4-7,9H2,(H2,14,15). The van der Waals surface area contributed by atoms with E-state index >= 15 is 0 Å². The summed E-state index contributed by atoms with van der Waals surface area (Å²) in [5.41, 5.74) is 6.68. The normalized spacial score (nSPS) is 17.2. The molecule has 0 atom stereocenters. The molecule has 0 aliphatic carbocycles.